The largest absolute Gasteiger partial charge is 0.444 e. The first-order chi connectivity index (χ1) is 15.4. The summed E-state index contributed by atoms with van der Waals surface area (Å²) < 4.78 is 32.4. The Morgan fingerprint density at radius 3 is 2.00 bits per heavy atom. The third-order valence-electron chi connectivity index (χ3n) is 5.73. The highest BCUT2D eigenvalue weighted by Gasteiger charge is 2.35. The fourth-order valence-electron chi connectivity index (χ4n) is 3.93. The summed E-state index contributed by atoms with van der Waals surface area (Å²) in [6.07, 6.45) is 0.706. The van der Waals surface area contributed by atoms with Gasteiger partial charge in [0.25, 0.3) is 5.69 Å². The molecule has 2 aliphatic heterocycles. The van der Waals surface area contributed by atoms with Crippen LogP contribution in [0, 0.1) is 16.0 Å². The van der Waals surface area contributed by atoms with Crippen LogP contribution in [0.3, 0.4) is 0 Å². The Kier molecular flexibility index (Phi) is 7.27. The maximum Gasteiger partial charge on any atom is 0.410 e. The lowest BCUT2D eigenvalue weighted by atomic mass is 9.95. The maximum absolute atomic E-state index is 12.9. The van der Waals surface area contributed by atoms with Crippen LogP contribution in [0.25, 0.3) is 0 Å². The fraction of sp³-hybridized carbons (Fsp3) is 0.619. The Morgan fingerprint density at radius 1 is 0.970 bits per heavy atom. The van der Waals surface area contributed by atoms with Crippen molar-refractivity contribution in [2.45, 2.75) is 44.1 Å². The smallest absolute Gasteiger partial charge is 0.410 e. The number of nitro groups is 1. The van der Waals surface area contributed by atoms with Gasteiger partial charge in [-0.1, -0.05) is 0 Å². The summed E-state index contributed by atoms with van der Waals surface area (Å²) in [4.78, 5) is 38.6. The Hall–Kier alpha value is -2.73. The van der Waals surface area contributed by atoms with Crippen LogP contribution in [-0.2, 0) is 19.6 Å². The van der Waals surface area contributed by atoms with E-state index in [0.29, 0.717) is 25.9 Å². The number of nitrogens with zero attached hydrogens (tertiary/aromatic N) is 4. The Bertz CT molecular complexity index is 988. The highest BCUT2D eigenvalue weighted by atomic mass is 32.2. The summed E-state index contributed by atoms with van der Waals surface area (Å²) in [7, 11) is -3.80. The number of amides is 2. The number of carbonyl (C=O) groups is 2. The van der Waals surface area contributed by atoms with E-state index in [4.69, 9.17) is 4.74 Å². The lowest BCUT2D eigenvalue weighted by Crippen LogP contribution is -2.53. The summed E-state index contributed by atoms with van der Waals surface area (Å²) in [6.45, 7) is 7.17. The highest BCUT2D eigenvalue weighted by Crippen LogP contribution is 2.24. The van der Waals surface area contributed by atoms with Crippen LogP contribution >= 0.6 is 0 Å². The zero-order chi connectivity index (χ0) is 24.4. The topological polar surface area (TPSA) is 130 Å². The van der Waals surface area contributed by atoms with Gasteiger partial charge in [0.15, 0.2) is 0 Å². The highest BCUT2D eigenvalue weighted by molar-refractivity contribution is 7.89. The third-order valence-corrected chi connectivity index (χ3v) is 7.64. The Labute approximate surface area is 193 Å². The molecule has 2 saturated heterocycles. The van der Waals surface area contributed by atoms with Crippen molar-refractivity contribution in [1.82, 2.24) is 14.1 Å². The number of benzene rings is 1. The van der Waals surface area contributed by atoms with Crippen molar-refractivity contribution in [3.63, 3.8) is 0 Å². The van der Waals surface area contributed by atoms with E-state index in [1.165, 1.54) is 16.4 Å². The second-order valence-electron chi connectivity index (χ2n) is 9.22. The number of hydrogen-bond donors (Lipinski definition) is 0. The Balaban J connectivity index is 1.52. The molecule has 2 aliphatic rings. The molecule has 182 valence electrons. The predicted octanol–water partition coefficient (Wildman–Crippen LogP) is 2.07. The SMILES string of the molecule is CC(C)(C)OC(=O)N1CCC(C(=O)N2CCN(S(=O)(=O)c3ccc([N+](=O)[O-])cc3)CC2)CC1. The zero-order valence-corrected chi connectivity index (χ0v) is 19.9. The van der Waals surface area contributed by atoms with Gasteiger partial charge in [0.05, 0.1) is 9.82 Å². The molecule has 0 spiro atoms. The fourth-order valence-corrected chi connectivity index (χ4v) is 5.35. The molecular formula is C21H30N4O7S. The number of likely N-dealkylation sites (tertiary alicyclic amines) is 1. The van der Waals surface area contributed by atoms with Gasteiger partial charge in [-0.25, -0.2) is 13.2 Å². The summed E-state index contributed by atoms with van der Waals surface area (Å²) in [5.41, 5.74) is -0.750. The summed E-state index contributed by atoms with van der Waals surface area (Å²) in [5, 5.41) is 10.8. The van der Waals surface area contributed by atoms with E-state index in [0.717, 1.165) is 12.1 Å². The van der Waals surface area contributed by atoms with Crippen LogP contribution in [0.1, 0.15) is 33.6 Å². The second kappa shape index (κ2) is 9.64. The van der Waals surface area contributed by atoms with E-state index >= 15 is 0 Å². The third kappa shape index (κ3) is 5.99. The molecule has 0 atom stereocenters. The van der Waals surface area contributed by atoms with Gasteiger partial charge in [-0.15, -0.1) is 0 Å². The van der Waals surface area contributed by atoms with Gasteiger partial charge >= 0.3 is 6.09 Å². The van der Waals surface area contributed by atoms with Crippen molar-refractivity contribution in [2.75, 3.05) is 39.3 Å². The van der Waals surface area contributed by atoms with Crippen molar-refractivity contribution < 1.29 is 27.7 Å². The van der Waals surface area contributed by atoms with E-state index in [-0.39, 0.29) is 54.7 Å². The van der Waals surface area contributed by atoms with E-state index in [9.17, 15) is 28.1 Å². The van der Waals surface area contributed by atoms with E-state index in [1.54, 1.807) is 9.80 Å². The lowest BCUT2D eigenvalue weighted by Gasteiger charge is -2.38. The number of ether oxygens (including phenoxy) is 1. The van der Waals surface area contributed by atoms with Crippen molar-refractivity contribution in [3.8, 4) is 0 Å². The minimum atomic E-state index is -3.80. The van der Waals surface area contributed by atoms with Crippen LogP contribution in [0.2, 0.25) is 0 Å². The van der Waals surface area contributed by atoms with Gasteiger partial charge in [-0.05, 0) is 45.7 Å². The quantitative estimate of drug-likeness (QED) is 0.474. The summed E-state index contributed by atoms with van der Waals surface area (Å²) in [6, 6.07) is 4.78. The van der Waals surface area contributed by atoms with Gasteiger partial charge in [0, 0.05) is 57.3 Å². The summed E-state index contributed by atoms with van der Waals surface area (Å²) >= 11 is 0. The van der Waals surface area contributed by atoms with Crippen LogP contribution < -0.4 is 0 Å². The van der Waals surface area contributed by atoms with E-state index in [2.05, 4.69) is 0 Å². The molecule has 2 heterocycles. The second-order valence-corrected chi connectivity index (χ2v) is 11.2. The molecule has 0 unspecified atom stereocenters. The number of sulfonamides is 1. The van der Waals surface area contributed by atoms with Gasteiger partial charge in [0.1, 0.15) is 5.60 Å². The number of rotatable bonds is 4. The zero-order valence-electron chi connectivity index (χ0n) is 19.1. The molecule has 2 fully saturated rings. The number of carbonyl (C=O) groups excluding carboxylic acids is 2. The normalized spacial score (nSPS) is 18.8. The van der Waals surface area contributed by atoms with E-state index < -0.39 is 20.5 Å². The first-order valence-corrected chi connectivity index (χ1v) is 12.3. The summed E-state index contributed by atoms with van der Waals surface area (Å²) in [5.74, 6) is -0.229. The molecule has 11 nitrogen and oxygen atoms in total. The standard InChI is InChI=1S/C21H30N4O7S/c1-21(2,3)32-20(27)23-10-8-16(9-11-23)19(26)22-12-14-24(15-13-22)33(30,31)18-6-4-17(5-7-18)25(28)29/h4-7,16H,8-15H2,1-3H3. The number of piperidine rings is 1. The van der Waals surface area contributed by atoms with Crippen LogP contribution in [-0.4, -0.2) is 84.3 Å². The first kappa shape index (κ1) is 24.9. The van der Waals surface area contributed by atoms with E-state index in [1.807, 2.05) is 20.8 Å². The molecule has 0 radical (unpaired) electrons. The van der Waals surface area contributed by atoms with Gasteiger partial charge < -0.3 is 14.5 Å². The number of non-ortho nitro benzene ring substituents is 1. The van der Waals surface area contributed by atoms with Gasteiger partial charge in [-0.3, -0.25) is 14.9 Å². The molecule has 1 aromatic carbocycles. The molecule has 33 heavy (non-hydrogen) atoms. The average Bonchev–Trinajstić information content (AvgIpc) is 2.77. The Morgan fingerprint density at radius 2 is 1.52 bits per heavy atom. The predicted molar refractivity (Wildman–Crippen MR) is 119 cm³/mol. The maximum atomic E-state index is 12.9. The van der Waals surface area contributed by atoms with Crippen molar-refractivity contribution in [2.24, 2.45) is 5.92 Å². The molecule has 0 aliphatic carbocycles. The monoisotopic (exact) mass is 482 g/mol. The molecule has 0 bridgehead atoms. The molecule has 0 saturated carbocycles. The van der Waals surface area contributed by atoms with Crippen molar-refractivity contribution >= 4 is 27.7 Å². The van der Waals surface area contributed by atoms with Gasteiger partial charge in [-0.2, -0.15) is 4.31 Å². The average molecular weight is 483 g/mol. The minimum absolute atomic E-state index is 0.0117. The first-order valence-electron chi connectivity index (χ1n) is 10.9. The molecule has 2 amide bonds. The molecule has 1 aromatic rings. The molecule has 12 heteroatoms. The minimum Gasteiger partial charge on any atom is -0.444 e. The van der Waals surface area contributed by atoms with Crippen LogP contribution in [0.4, 0.5) is 10.5 Å². The number of nitro benzene ring substituents is 1. The van der Waals surface area contributed by atoms with Crippen LogP contribution in [0.15, 0.2) is 29.2 Å². The lowest BCUT2D eigenvalue weighted by molar-refractivity contribution is -0.384. The molecule has 0 N–H and O–H groups in total. The number of hydrogen-bond acceptors (Lipinski definition) is 7. The molecular weight excluding hydrogens is 452 g/mol. The van der Waals surface area contributed by atoms with Crippen molar-refractivity contribution in [1.29, 1.82) is 0 Å². The van der Waals surface area contributed by atoms with Gasteiger partial charge in [0.2, 0.25) is 15.9 Å². The number of piperazine rings is 1. The molecule has 3 rings (SSSR count). The van der Waals surface area contributed by atoms with Crippen molar-refractivity contribution in [3.05, 3.63) is 34.4 Å². The molecule has 0 aromatic heterocycles. The van der Waals surface area contributed by atoms with Crippen LogP contribution in [0.5, 0.6) is 0 Å².